The van der Waals surface area contributed by atoms with E-state index in [1.807, 2.05) is 78.6 Å². The molecule has 0 saturated carbocycles. The van der Waals surface area contributed by atoms with Gasteiger partial charge in [0.25, 0.3) is 0 Å². The molecule has 1 aliphatic rings. The lowest BCUT2D eigenvalue weighted by molar-refractivity contribution is -0.130. The van der Waals surface area contributed by atoms with Crippen molar-refractivity contribution < 1.29 is 14.3 Å². The number of carbonyl (C=O) groups excluding carboxylic acids is 1. The summed E-state index contributed by atoms with van der Waals surface area (Å²) in [7, 11) is 0. The van der Waals surface area contributed by atoms with Gasteiger partial charge in [-0.2, -0.15) is 0 Å². The van der Waals surface area contributed by atoms with E-state index < -0.39 is 0 Å². The molecule has 0 aliphatic carbocycles. The third-order valence-electron chi connectivity index (χ3n) is 5.14. The van der Waals surface area contributed by atoms with Gasteiger partial charge < -0.3 is 19.3 Å². The first-order valence-electron chi connectivity index (χ1n) is 10.5. The summed E-state index contributed by atoms with van der Waals surface area (Å²) >= 11 is 0. The number of benzene rings is 2. The standard InChI is InChI=1S/C24H26N4O3/c1-2-30-20-10-8-19(9-11-20)18-24(29)28-16-14-27(15-17-28)22-12-13-23(26-25-22)31-21-6-4-3-5-7-21/h3-13H,2,14-18H2,1H3. The van der Waals surface area contributed by atoms with Gasteiger partial charge in [0.05, 0.1) is 13.0 Å². The van der Waals surface area contributed by atoms with Crippen LogP contribution in [-0.2, 0) is 11.2 Å². The van der Waals surface area contributed by atoms with Gasteiger partial charge in [0.15, 0.2) is 5.82 Å². The Bertz CT molecular complexity index is 970. The minimum Gasteiger partial charge on any atom is -0.494 e. The van der Waals surface area contributed by atoms with E-state index in [0.29, 0.717) is 32.0 Å². The van der Waals surface area contributed by atoms with E-state index >= 15 is 0 Å². The molecule has 1 amide bonds. The van der Waals surface area contributed by atoms with E-state index in [1.54, 1.807) is 0 Å². The number of hydrogen-bond donors (Lipinski definition) is 0. The maximum atomic E-state index is 12.7. The summed E-state index contributed by atoms with van der Waals surface area (Å²) in [6, 6.07) is 21.0. The number of carbonyl (C=O) groups is 1. The van der Waals surface area contributed by atoms with Crippen LogP contribution in [0.1, 0.15) is 12.5 Å². The van der Waals surface area contributed by atoms with E-state index in [0.717, 1.165) is 36.0 Å². The predicted molar refractivity (Wildman–Crippen MR) is 119 cm³/mol. The highest BCUT2D eigenvalue weighted by atomic mass is 16.5. The molecule has 31 heavy (non-hydrogen) atoms. The van der Waals surface area contributed by atoms with Crippen molar-refractivity contribution in [2.45, 2.75) is 13.3 Å². The Balaban J connectivity index is 1.27. The monoisotopic (exact) mass is 418 g/mol. The number of para-hydroxylation sites is 1. The topological polar surface area (TPSA) is 67.8 Å². The number of rotatable bonds is 7. The Kier molecular flexibility index (Phi) is 6.62. The normalized spacial score (nSPS) is 13.7. The van der Waals surface area contributed by atoms with Crippen LogP contribution < -0.4 is 14.4 Å². The quantitative estimate of drug-likeness (QED) is 0.585. The molecule has 7 heteroatoms. The zero-order valence-electron chi connectivity index (χ0n) is 17.6. The van der Waals surface area contributed by atoms with Crippen LogP contribution in [0.4, 0.5) is 5.82 Å². The molecule has 0 atom stereocenters. The summed E-state index contributed by atoms with van der Waals surface area (Å²) in [6.45, 7) is 5.37. The predicted octanol–water partition coefficient (Wildman–Crippen LogP) is 3.56. The van der Waals surface area contributed by atoms with Crippen LogP contribution >= 0.6 is 0 Å². The molecule has 0 bridgehead atoms. The Morgan fingerprint density at radius 2 is 1.61 bits per heavy atom. The van der Waals surface area contributed by atoms with E-state index in [9.17, 15) is 4.79 Å². The van der Waals surface area contributed by atoms with Crippen molar-refractivity contribution in [2.24, 2.45) is 0 Å². The van der Waals surface area contributed by atoms with Crippen LogP contribution in [0.25, 0.3) is 0 Å². The van der Waals surface area contributed by atoms with Crippen molar-refractivity contribution in [3.05, 3.63) is 72.3 Å². The van der Waals surface area contributed by atoms with Gasteiger partial charge >= 0.3 is 0 Å². The maximum absolute atomic E-state index is 12.7. The van der Waals surface area contributed by atoms with Crippen LogP contribution in [0.5, 0.6) is 17.4 Å². The third-order valence-corrected chi connectivity index (χ3v) is 5.14. The molecule has 0 unspecified atom stereocenters. The Hall–Kier alpha value is -3.61. The Morgan fingerprint density at radius 3 is 2.26 bits per heavy atom. The van der Waals surface area contributed by atoms with E-state index in [4.69, 9.17) is 9.47 Å². The molecular formula is C24H26N4O3. The fraction of sp³-hybridized carbons (Fsp3) is 0.292. The number of amides is 1. The lowest BCUT2D eigenvalue weighted by atomic mass is 10.1. The van der Waals surface area contributed by atoms with Crippen LogP contribution in [-0.4, -0.2) is 53.8 Å². The second-order valence-corrected chi connectivity index (χ2v) is 7.27. The summed E-state index contributed by atoms with van der Waals surface area (Å²) in [5.41, 5.74) is 0.996. The molecule has 0 spiro atoms. The molecule has 1 aromatic heterocycles. The molecule has 1 saturated heterocycles. The van der Waals surface area contributed by atoms with E-state index in [1.165, 1.54) is 0 Å². The SMILES string of the molecule is CCOc1ccc(CC(=O)N2CCN(c3ccc(Oc4ccccc4)nn3)CC2)cc1. The molecule has 4 rings (SSSR count). The highest BCUT2D eigenvalue weighted by Crippen LogP contribution is 2.21. The fourth-order valence-electron chi connectivity index (χ4n) is 3.49. The van der Waals surface area contributed by atoms with Gasteiger partial charge in [-0.3, -0.25) is 4.79 Å². The van der Waals surface area contributed by atoms with E-state index in [-0.39, 0.29) is 5.91 Å². The molecule has 0 radical (unpaired) electrons. The summed E-state index contributed by atoms with van der Waals surface area (Å²) < 4.78 is 11.1. The number of piperazine rings is 1. The minimum atomic E-state index is 0.140. The summed E-state index contributed by atoms with van der Waals surface area (Å²) in [5, 5.41) is 8.47. The van der Waals surface area contributed by atoms with Crippen molar-refractivity contribution in [3.63, 3.8) is 0 Å². The van der Waals surface area contributed by atoms with E-state index in [2.05, 4.69) is 15.1 Å². The first kappa shape index (κ1) is 20.7. The Labute approximate surface area is 182 Å². The van der Waals surface area contributed by atoms with Crippen molar-refractivity contribution >= 4 is 11.7 Å². The van der Waals surface area contributed by atoms with Crippen molar-refractivity contribution in [1.29, 1.82) is 0 Å². The summed E-state index contributed by atoms with van der Waals surface area (Å²) in [6.07, 6.45) is 0.401. The van der Waals surface area contributed by atoms with Crippen molar-refractivity contribution in [2.75, 3.05) is 37.7 Å². The van der Waals surface area contributed by atoms with Gasteiger partial charge in [0, 0.05) is 32.2 Å². The third kappa shape index (κ3) is 5.51. The molecule has 1 fully saturated rings. The highest BCUT2D eigenvalue weighted by molar-refractivity contribution is 5.79. The fourth-order valence-corrected chi connectivity index (χ4v) is 3.49. The number of aromatic nitrogens is 2. The molecule has 1 aliphatic heterocycles. The zero-order valence-corrected chi connectivity index (χ0v) is 17.6. The molecule has 2 heterocycles. The zero-order chi connectivity index (χ0) is 21.5. The molecule has 160 valence electrons. The number of ether oxygens (including phenoxy) is 2. The maximum Gasteiger partial charge on any atom is 0.238 e. The lowest BCUT2D eigenvalue weighted by Gasteiger charge is -2.35. The average molecular weight is 418 g/mol. The van der Waals surface area contributed by atoms with Gasteiger partial charge in [0.2, 0.25) is 11.8 Å². The summed E-state index contributed by atoms with van der Waals surface area (Å²) in [4.78, 5) is 16.7. The molecule has 3 aromatic rings. The van der Waals surface area contributed by atoms with Crippen molar-refractivity contribution in [1.82, 2.24) is 15.1 Å². The van der Waals surface area contributed by atoms with Crippen molar-refractivity contribution in [3.8, 4) is 17.4 Å². The van der Waals surface area contributed by atoms with Crippen LogP contribution in [0.2, 0.25) is 0 Å². The second-order valence-electron chi connectivity index (χ2n) is 7.27. The first-order chi connectivity index (χ1) is 15.2. The van der Waals surface area contributed by atoms with Gasteiger partial charge in [-0.15, -0.1) is 10.2 Å². The average Bonchev–Trinajstić information content (AvgIpc) is 2.82. The molecule has 7 nitrogen and oxygen atoms in total. The van der Waals surface area contributed by atoms with Gasteiger partial charge in [-0.05, 0) is 42.8 Å². The van der Waals surface area contributed by atoms with Crippen LogP contribution in [0, 0.1) is 0 Å². The first-order valence-corrected chi connectivity index (χ1v) is 10.5. The number of nitrogens with zero attached hydrogens (tertiary/aromatic N) is 4. The molecular weight excluding hydrogens is 392 g/mol. The van der Waals surface area contributed by atoms with Crippen LogP contribution in [0.15, 0.2) is 66.7 Å². The van der Waals surface area contributed by atoms with Gasteiger partial charge in [-0.25, -0.2) is 0 Å². The largest absolute Gasteiger partial charge is 0.494 e. The lowest BCUT2D eigenvalue weighted by Crippen LogP contribution is -2.49. The summed E-state index contributed by atoms with van der Waals surface area (Å²) in [5.74, 6) is 2.94. The minimum absolute atomic E-state index is 0.140. The highest BCUT2D eigenvalue weighted by Gasteiger charge is 2.22. The smallest absolute Gasteiger partial charge is 0.238 e. The molecule has 0 N–H and O–H groups in total. The number of hydrogen-bond acceptors (Lipinski definition) is 6. The number of anilines is 1. The van der Waals surface area contributed by atoms with Crippen LogP contribution in [0.3, 0.4) is 0 Å². The second kappa shape index (κ2) is 9.93. The Morgan fingerprint density at radius 1 is 0.871 bits per heavy atom. The molecule has 2 aromatic carbocycles. The van der Waals surface area contributed by atoms with Gasteiger partial charge in [0.1, 0.15) is 11.5 Å². The van der Waals surface area contributed by atoms with Gasteiger partial charge in [-0.1, -0.05) is 30.3 Å².